The highest BCUT2D eigenvalue weighted by Gasteiger charge is 2.16. The van der Waals surface area contributed by atoms with E-state index in [9.17, 15) is 0 Å². The molecule has 0 saturated carbocycles. The van der Waals surface area contributed by atoms with Crippen molar-refractivity contribution >= 4 is 28.8 Å². The maximum atomic E-state index is 5.51. The first-order valence-electron chi connectivity index (χ1n) is 8.41. The summed E-state index contributed by atoms with van der Waals surface area (Å²) >= 11 is 5.31. The number of aromatic nitrogens is 1. The van der Waals surface area contributed by atoms with Crippen molar-refractivity contribution in [2.24, 2.45) is 5.92 Å². The number of hydrogen-bond acceptors (Lipinski definition) is 4. The number of rotatable bonds is 4. The fraction of sp³-hybridized carbons (Fsp3) is 0.444. The van der Waals surface area contributed by atoms with E-state index < -0.39 is 0 Å². The number of pyridine rings is 1. The normalized spacial score (nSPS) is 15.3. The molecule has 0 aromatic carbocycles. The number of nitrogens with one attached hydrogen (secondary N) is 2. The Morgan fingerprint density at radius 3 is 2.71 bits per heavy atom. The highest BCUT2D eigenvalue weighted by Crippen LogP contribution is 2.22. The Morgan fingerprint density at radius 2 is 2.08 bits per heavy atom. The maximum absolute atomic E-state index is 5.51. The van der Waals surface area contributed by atoms with Gasteiger partial charge in [-0.05, 0) is 62.2 Å². The van der Waals surface area contributed by atoms with E-state index in [1.54, 1.807) is 0 Å². The summed E-state index contributed by atoms with van der Waals surface area (Å²) < 4.78 is 5.51. The standard InChI is InChI=1S/C18H24N4OS/c1-13-7-9-22(10-8-13)17-6-4-15(11-19-17)21-18(24)20-12-16-5-3-14(2)23-16/h3-6,11,13H,7-10,12H2,1-2H3,(H2,20,21,24). The van der Waals surface area contributed by atoms with E-state index in [1.807, 2.05) is 31.3 Å². The van der Waals surface area contributed by atoms with Crippen LogP contribution in [0.4, 0.5) is 11.5 Å². The number of anilines is 2. The van der Waals surface area contributed by atoms with Crippen molar-refractivity contribution in [2.75, 3.05) is 23.3 Å². The van der Waals surface area contributed by atoms with Gasteiger partial charge < -0.3 is 20.0 Å². The van der Waals surface area contributed by atoms with E-state index in [0.29, 0.717) is 11.7 Å². The molecule has 0 bridgehead atoms. The van der Waals surface area contributed by atoms with E-state index >= 15 is 0 Å². The molecule has 5 nitrogen and oxygen atoms in total. The molecule has 0 atom stereocenters. The number of furan rings is 1. The van der Waals surface area contributed by atoms with Crippen LogP contribution in [0, 0.1) is 12.8 Å². The van der Waals surface area contributed by atoms with Crippen molar-refractivity contribution in [3.63, 3.8) is 0 Å². The predicted octanol–water partition coefficient (Wildman–Crippen LogP) is 3.71. The summed E-state index contributed by atoms with van der Waals surface area (Å²) in [5.41, 5.74) is 0.886. The SMILES string of the molecule is Cc1ccc(CNC(=S)Nc2ccc(N3CCC(C)CC3)nc2)o1. The molecule has 1 aliphatic rings. The third-order valence-electron chi connectivity index (χ3n) is 4.33. The summed E-state index contributed by atoms with van der Waals surface area (Å²) in [4.78, 5) is 6.91. The van der Waals surface area contributed by atoms with Gasteiger partial charge in [-0.25, -0.2) is 4.98 Å². The van der Waals surface area contributed by atoms with Crippen molar-refractivity contribution < 1.29 is 4.42 Å². The quantitative estimate of drug-likeness (QED) is 0.825. The molecule has 0 unspecified atom stereocenters. The molecule has 0 radical (unpaired) electrons. The van der Waals surface area contributed by atoms with Gasteiger partial charge in [0.15, 0.2) is 5.11 Å². The second-order valence-corrected chi connectivity index (χ2v) is 6.80. The van der Waals surface area contributed by atoms with Gasteiger partial charge >= 0.3 is 0 Å². The summed E-state index contributed by atoms with van der Waals surface area (Å²) in [6.45, 7) is 6.98. The van der Waals surface area contributed by atoms with Gasteiger partial charge in [-0.3, -0.25) is 0 Å². The number of hydrogen-bond donors (Lipinski definition) is 2. The van der Waals surface area contributed by atoms with Gasteiger partial charge in [0.2, 0.25) is 0 Å². The first-order valence-corrected chi connectivity index (χ1v) is 8.82. The summed E-state index contributed by atoms with van der Waals surface area (Å²) in [7, 11) is 0. The molecule has 1 saturated heterocycles. The summed E-state index contributed by atoms with van der Waals surface area (Å²) in [6.07, 6.45) is 4.31. The number of thiocarbonyl (C=S) groups is 1. The largest absolute Gasteiger partial charge is 0.465 e. The van der Waals surface area contributed by atoms with E-state index in [0.717, 1.165) is 42.0 Å². The summed E-state index contributed by atoms with van der Waals surface area (Å²) in [5.74, 6) is 3.63. The van der Waals surface area contributed by atoms with Crippen LogP contribution in [-0.2, 0) is 6.54 Å². The smallest absolute Gasteiger partial charge is 0.171 e. The summed E-state index contributed by atoms with van der Waals surface area (Å²) in [6, 6.07) is 7.96. The zero-order valence-corrected chi connectivity index (χ0v) is 15.0. The van der Waals surface area contributed by atoms with E-state index in [1.165, 1.54) is 12.8 Å². The highest BCUT2D eigenvalue weighted by atomic mass is 32.1. The zero-order valence-electron chi connectivity index (χ0n) is 14.2. The fourth-order valence-electron chi connectivity index (χ4n) is 2.81. The fourth-order valence-corrected chi connectivity index (χ4v) is 3.00. The number of piperidine rings is 1. The molecular weight excluding hydrogens is 320 g/mol. The molecule has 0 spiro atoms. The molecule has 1 fully saturated rings. The molecule has 2 aromatic rings. The van der Waals surface area contributed by atoms with Crippen molar-refractivity contribution in [1.82, 2.24) is 10.3 Å². The van der Waals surface area contributed by atoms with Crippen LogP contribution < -0.4 is 15.5 Å². The average molecular weight is 344 g/mol. The molecule has 0 amide bonds. The maximum Gasteiger partial charge on any atom is 0.171 e. The monoisotopic (exact) mass is 344 g/mol. The predicted molar refractivity (Wildman–Crippen MR) is 101 cm³/mol. The average Bonchev–Trinajstić information content (AvgIpc) is 3.00. The Hall–Kier alpha value is -2.08. The van der Waals surface area contributed by atoms with Crippen molar-refractivity contribution in [2.45, 2.75) is 33.2 Å². The molecule has 2 aromatic heterocycles. The molecule has 128 valence electrons. The molecular formula is C18H24N4OS. The molecule has 3 heterocycles. The van der Waals surface area contributed by atoms with Crippen molar-refractivity contribution in [1.29, 1.82) is 0 Å². The van der Waals surface area contributed by atoms with Crippen LogP contribution in [0.5, 0.6) is 0 Å². The lowest BCUT2D eigenvalue weighted by atomic mass is 9.99. The second-order valence-electron chi connectivity index (χ2n) is 6.39. The van der Waals surface area contributed by atoms with Crippen LogP contribution >= 0.6 is 12.2 Å². The minimum Gasteiger partial charge on any atom is -0.465 e. The van der Waals surface area contributed by atoms with Crippen molar-refractivity contribution in [3.05, 3.63) is 42.0 Å². The van der Waals surface area contributed by atoms with Gasteiger partial charge in [0.1, 0.15) is 17.3 Å². The summed E-state index contributed by atoms with van der Waals surface area (Å²) in [5, 5.41) is 6.85. The number of nitrogens with zero attached hydrogens (tertiary/aromatic N) is 2. The van der Waals surface area contributed by atoms with Crippen LogP contribution in [-0.4, -0.2) is 23.2 Å². The van der Waals surface area contributed by atoms with E-state index in [2.05, 4.69) is 33.5 Å². The van der Waals surface area contributed by atoms with Crippen LogP contribution in [0.2, 0.25) is 0 Å². The lowest BCUT2D eigenvalue weighted by Crippen LogP contribution is -2.33. The third kappa shape index (κ3) is 4.47. The van der Waals surface area contributed by atoms with Gasteiger partial charge in [-0.2, -0.15) is 0 Å². The Morgan fingerprint density at radius 1 is 1.29 bits per heavy atom. The first-order chi connectivity index (χ1) is 11.6. The minimum atomic E-state index is 0.561. The van der Waals surface area contributed by atoms with Crippen LogP contribution in [0.3, 0.4) is 0 Å². The third-order valence-corrected chi connectivity index (χ3v) is 4.58. The van der Waals surface area contributed by atoms with Crippen molar-refractivity contribution in [3.8, 4) is 0 Å². The van der Waals surface area contributed by atoms with Crippen LogP contribution in [0.1, 0.15) is 31.3 Å². The lowest BCUT2D eigenvalue weighted by Gasteiger charge is -2.31. The van der Waals surface area contributed by atoms with Gasteiger partial charge in [-0.1, -0.05) is 6.92 Å². The Bertz CT molecular complexity index is 675. The molecule has 3 rings (SSSR count). The van der Waals surface area contributed by atoms with Crippen LogP contribution in [0.15, 0.2) is 34.9 Å². The second kappa shape index (κ2) is 7.66. The van der Waals surface area contributed by atoms with Crippen LogP contribution in [0.25, 0.3) is 0 Å². The van der Waals surface area contributed by atoms with Gasteiger partial charge in [0.25, 0.3) is 0 Å². The number of aryl methyl sites for hydroxylation is 1. The lowest BCUT2D eigenvalue weighted by molar-refractivity contribution is 0.436. The van der Waals surface area contributed by atoms with Gasteiger partial charge in [-0.15, -0.1) is 0 Å². The van der Waals surface area contributed by atoms with Gasteiger partial charge in [0, 0.05) is 13.1 Å². The molecule has 2 N–H and O–H groups in total. The molecule has 1 aliphatic heterocycles. The molecule has 6 heteroatoms. The van der Waals surface area contributed by atoms with Gasteiger partial charge in [0.05, 0.1) is 18.4 Å². The van der Waals surface area contributed by atoms with E-state index in [-0.39, 0.29) is 0 Å². The van der Waals surface area contributed by atoms with E-state index in [4.69, 9.17) is 16.6 Å². The molecule has 0 aliphatic carbocycles. The topological polar surface area (TPSA) is 53.3 Å². The molecule has 24 heavy (non-hydrogen) atoms. The minimum absolute atomic E-state index is 0.561. The first kappa shape index (κ1) is 16.8. The highest BCUT2D eigenvalue weighted by molar-refractivity contribution is 7.80. The Labute approximate surface area is 148 Å². The zero-order chi connectivity index (χ0) is 16.9. The Balaban J connectivity index is 1.49. The Kier molecular flexibility index (Phi) is 5.35.